The lowest BCUT2D eigenvalue weighted by atomic mass is 10.2. The van der Waals surface area contributed by atoms with E-state index < -0.39 is 0 Å². The van der Waals surface area contributed by atoms with E-state index in [0.29, 0.717) is 19.0 Å². The van der Waals surface area contributed by atoms with Gasteiger partial charge in [-0.15, -0.1) is 23.7 Å². The van der Waals surface area contributed by atoms with Crippen LogP contribution in [-0.2, 0) is 11.2 Å². The molecular formula is C11H19ClN2OS. The minimum absolute atomic E-state index is 0. The molecule has 0 aliphatic heterocycles. The molecule has 0 aliphatic carbocycles. The molecule has 0 bridgehead atoms. The van der Waals surface area contributed by atoms with Gasteiger partial charge in [0.05, 0.1) is 0 Å². The number of amides is 1. The van der Waals surface area contributed by atoms with Crippen LogP contribution in [0.15, 0.2) is 17.5 Å². The van der Waals surface area contributed by atoms with Gasteiger partial charge >= 0.3 is 0 Å². The predicted molar refractivity (Wildman–Crippen MR) is 71.4 cm³/mol. The van der Waals surface area contributed by atoms with Crippen LogP contribution in [0.2, 0.25) is 0 Å². The van der Waals surface area contributed by atoms with Gasteiger partial charge in [0.1, 0.15) is 0 Å². The van der Waals surface area contributed by atoms with Crippen LogP contribution in [0.1, 0.15) is 18.2 Å². The summed E-state index contributed by atoms with van der Waals surface area (Å²) in [4.78, 5) is 12.7. The van der Waals surface area contributed by atoms with Crippen LogP contribution in [0.4, 0.5) is 0 Å². The molecule has 0 saturated carbocycles. The highest BCUT2D eigenvalue weighted by molar-refractivity contribution is 7.09. The molecule has 1 heterocycles. The van der Waals surface area contributed by atoms with Crippen LogP contribution in [0.25, 0.3) is 0 Å². The normalized spacial score (nSPS) is 11.6. The molecular weight excluding hydrogens is 244 g/mol. The van der Waals surface area contributed by atoms with Crippen molar-refractivity contribution in [3.63, 3.8) is 0 Å². The van der Waals surface area contributed by atoms with Crippen LogP contribution in [0.5, 0.6) is 0 Å². The lowest BCUT2D eigenvalue weighted by Crippen LogP contribution is -2.37. The number of hydrogen-bond donors (Lipinski definition) is 2. The Labute approximate surface area is 107 Å². The maximum Gasteiger partial charge on any atom is 0.220 e. The molecule has 0 aromatic carbocycles. The fraction of sp³-hybridized carbons (Fsp3) is 0.545. The first kappa shape index (κ1) is 15.4. The lowest BCUT2D eigenvalue weighted by molar-refractivity contribution is -0.121. The topological polar surface area (TPSA) is 41.1 Å². The summed E-state index contributed by atoms with van der Waals surface area (Å²) in [6, 6.07) is 4.41. The van der Waals surface area contributed by atoms with Crippen molar-refractivity contribution >= 4 is 29.7 Å². The van der Waals surface area contributed by atoms with E-state index in [1.54, 1.807) is 11.3 Å². The minimum atomic E-state index is 0. The molecule has 0 saturated heterocycles. The van der Waals surface area contributed by atoms with Gasteiger partial charge in [-0.1, -0.05) is 6.07 Å². The monoisotopic (exact) mass is 262 g/mol. The fourth-order valence-electron chi connectivity index (χ4n) is 1.15. The molecule has 1 unspecified atom stereocenters. The molecule has 1 rings (SSSR count). The van der Waals surface area contributed by atoms with Gasteiger partial charge in [0.2, 0.25) is 5.91 Å². The molecule has 1 atom stereocenters. The summed E-state index contributed by atoms with van der Waals surface area (Å²) in [6.07, 6.45) is 1.42. The highest BCUT2D eigenvalue weighted by Gasteiger charge is 2.04. The second-order valence-electron chi connectivity index (χ2n) is 3.57. The molecule has 5 heteroatoms. The van der Waals surface area contributed by atoms with Gasteiger partial charge in [0.25, 0.3) is 0 Å². The Hall–Kier alpha value is -0.580. The van der Waals surface area contributed by atoms with E-state index in [1.807, 2.05) is 25.4 Å². The zero-order valence-corrected chi connectivity index (χ0v) is 11.3. The third-order valence-electron chi connectivity index (χ3n) is 2.28. The van der Waals surface area contributed by atoms with Crippen molar-refractivity contribution in [3.05, 3.63) is 22.4 Å². The van der Waals surface area contributed by atoms with Crippen molar-refractivity contribution in [2.24, 2.45) is 0 Å². The van der Waals surface area contributed by atoms with Gasteiger partial charge in [-0.25, -0.2) is 0 Å². The van der Waals surface area contributed by atoms with E-state index in [0.717, 1.165) is 6.42 Å². The van der Waals surface area contributed by atoms with E-state index in [4.69, 9.17) is 0 Å². The van der Waals surface area contributed by atoms with E-state index >= 15 is 0 Å². The number of rotatable bonds is 6. The molecule has 2 N–H and O–H groups in total. The number of hydrogen-bond acceptors (Lipinski definition) is 3. The first-order valence-electron chi connectivity index (χ1n) is 5.18. The van der Waals surface area contributed by atoms with Crippen molar-refractivity contribution in [3.8, 4) is 0 Å². The number of thiophene rings is 1. The Morgan fingerprint density at radius 1 is 1.56 bits per heavy atom. The second kappa shape index (κ2) is 8.56. The first-order chi connectivity index (χ1) is 7.22. The SMILES string of the molecule is CNC(C)CNC(=O)CCc1cccs1.Cl. The van der Waals surface area contributed by atoms with Gasteiger partial charge in [0.15, 0.2) is 0 Å². The van der Waals surface area contributed by atoms with E-state index in [2.05, 4.69) is 16.7 Å². The Bertz CT molecular complexity index is 290. The number of aryl methyl sites for hydroxylation is 1. The number of carbonyl (C=O) groups is 1. The summed E-state index contributed by atoms with van der Waals surface area (Å²) < 4.78 is 0. The summed E-state index contributed by atoms with van der Waals surface area (Å²) >= 11 is 1.70. The maximum absolute atomic E-state index is 11.4. The summed E-state index contributed by atoms with van der Waals surface area (Å²) in [5.74, 6) is 0.130. The quantitative estimate of drug-likeness (QED) is 0.821. The highest BCUT2D eigenvalue weighted by atomic mass is 35.5. The average Bonchev–Trinajstić information content (AvgIpc) is 2.75. The Morgan fingerprint density at radius 2 is 2.31 bits per heavy atom. The lowest BCUT2D eigenvalue weighted by Gasteiger charge is -2.10. The van der Waals surface area contributed by atoms with E-state index in [-0.39, 0.29) is 18.3 Å². The molecule has 0 aliphatic rings. The van der Waals surface area contributed by atoms with Crippen LogP contribution in [-0.4, -0.2) is 25.5 Å². The molecule has 0 fully saturated rings. The Morgan fingerprint density at radius 3 is 2.88 bits per heavy atom. The van der Waals surface area contributed by atoms with Crippen molar-refractivity contribution in [2.75, 3.05) is 13.6 Å². The molecule has 1 amide bonds. The van der Waals surface area contributed by atoms with Gasteiger partial charge in [-0.05, 0) is 31.8 Å². The number of likely N-dealkylation sites (N-methyl/N-ethyl adjacent to an activating group) is 1. The zero-order valence-electron chi connectivity index (χ0n) is 9.66. The third-order valence-corrected chi connectivity index (χ3v) is 3.21. The Kier molecular flexibility index (Phi) is 8.25. The van der Waals surface area contributed by atoms with Gasteiger partial charge < -0.3 is 10.6 Å². The third kappa shape index (κ3) is 6.10. The minimum Gasteiger partial charge on any atom is -0.355 e. The van der Waals surface area contributed by atoms with Crippen molar-refractivity contribution in [1.82, 2.24) is 10.6 Å². The summed E-state index contributed by atoms with van der Waals surface area (Å²) in [5.41, 5.74) is 0. The predicted octanol–water partition coefficient (Wildman–Crippen LogP) is 1.83. The van der Waals surface area contributed by atoms with E-state index in [1.165, 1.54) is 4.88 Å². The van der Waals surface area contributed by atoms with Gasteiger partial charge in [0, 0.05) is 23.9 Å². The van der Waals surface area contributed by atoms with Crippen molar-refractivity contribution in [2.45, 2.75) is 25.8 Å². The van der Waals surface area contributed by atoms with Crippen molar-refractivity contribution < 1.29 is 4.79 Å². The van der Waals surface area contributed by atoms with Gasteiger partial charge in [-0.3, -0.25) is 4.79 Å². The first-order valence-corrected chi connectivity index (χ1v) is 6.06. The second-order valence-corrected chi connectivity index (χ2v) is 4.61. The number of nitrogens with one attached hydrogen (secondary N) is 2. The van der Waals surface area contributed by atoms with E-state index in [9.17, 15) is 4.79 Å². The summed E-state index contributed by atoms with van der Waals surface area (Å²) in [6.45, 7) is 2.74. The largest absolute Gasteiger partial charge is 0.355 e. The molecule has 0 radical (unpaired) electrons. The Balaban J connectivity index is 0.00000225. The zero-order chi connectivity index (χ0) is 11.1. The number of carbonyl (C=O) groups excluding carboxylic acids is 1. The standard InChI is InChI=1S/C11H18N2OS.ClH/c1-9(12-2)8-13-11(14)6-5-10-4-3-7-15-10;/h3-4,7,9,12H,5-6,8H2,1-2H3,(H,13,14);1H. The molecule has 1 aromatic rings. The maximum atomic E-state index is 11.4. The smallest absolute Gasteiger partial charge is 0.220 e. The van der Waals surface area contributed by atoms with Crippen LogP contribution >= 0.6 is 23.7 Å². The molecule has 0 spiro atoms. The van der Waals surface area contributed by atoms with Gasteiger partial charge in [-0.2, -0.15) is 0 Å². The fourth-order valence-corrected chi connectivity index (χ4v) is 1.86. The van der Waals surface area contributed by atoms with Crippen LogP contribution < -0.4 is 10.6 Å². The van der Waals surface area contributed by atoms with Crippen LogP contribution in [0.3, 0.4) is 0 Å². The average molecular weight is 263 g/mol. The number of halogens is 1. The van der Waals surface area contributed by atoms with Crippen molar-refractivity contribution in [1.29, 1.82) is 0 Å². The highest BCUT2D eigenvalue weighted by Crippen LogP contribution is 2.10. The molecule has 3 nitrogen and oxygen atoms in total. The summed E-state index contributed by atoms with van der Waals surface area (Å²) in [5, 5.41) is 8.01. The molecule has 92 valence electrons. The summed E-state index contributed by atoms with van der Waals surface area (Å²) in [7, 11) is 1.89. The molecule has 1 aromatic heterocycles. The van der Waals surface area contributed by atoms with Crippen LogP contribution in [0, 0.1) is 0 Å². The molecule has 16 heavy (non-hydrogen) atoms.